The molecule has 0 unspecified atom stereocenters. The van der Waals surface area contributed by atoms with Crippen LogP contribution in [0.3, 0.4) is 0 Å². The van der Waals surface area contributed by atoms with E-state index in [1.807, 2.05) is 18.2 Å². The Labute approximate surface area is 146 Å². The first-order chi connectivity index (χ1) is 12.2. The lowest BCUT2D eigenvalue weighted by molar-refractivity contribution is 0.236. The van der Waals surface area contributed by atoms with Gasteiger partial charge in [-0.1, -0.05) is 0 Å². The van der Waals surface area contributed by atoms with Crippen LogP contribution in [0.5, 0.6) is 11.5 Å². The van der Waals surface area contributed by atoms with Gasteiger partial charge in [-0.15, -0.1) is 0 Å². The summed E-state index contributed by atoms with van der Waals surface area (Å²) in [6, 6.07) is 5.84. The molecule has 1 aliphatic heterocycles. The van der Waals surface area contributed by atoms with Crippen LogP contribution >= 0.6 is 0 Å². The van der Waals surface area contributed by atoms with Crippen molar-refractivity contribution in [1.29, 1.82) is 0 Å². The fourth-order valence-corrected chi connectivity index (χ4v) is 3.44. The number of nitrogens with zero attached hydrogens (tertiary/aromatic N) is 2. The molecule has 132 valence electrons. The largest absolute Gasteiger partial charge is 0.497 e. The van der Waals surface area contributed by atoms with Crippen molar-refractivity contribution in [2.24, 2.45) is 0 Å². The second-order valence-electron chi connectivity index (χ2n) is 6.79. The monoisotopic (exact) mass is 341 g/mol. The zero-order chi connectivity index (χ0) is 17.4. The molecule has 4 rings (SSSR count). The normalized spacial score (nSPS) is 17.2. The topological polar surface area (TPSA) is 67.5 Å². The highest BCUT2D eigenvalue weighted by molar-refractivity contribution is 5.40. The number of nitrogens with one attached hydrogen (secondary N) is 1. The molecule has 0 saturated heterocycles. The van der Waals surface area contributed by atoms with E-state index in [0.717, 1.165) is 66.5 Å². The lowest BCUT2D eigenvalue weighted by Crippen LogP contribution is -2.35. The number of hydrogen-bond donors (Lipinski definition) is 1. The molecule has 2 aromatic rings. The Hall–Kier alpha value is -2.34. The Morgan fingerprint density at radius 2 is 2.12 bits per heavy atom. The van der Waals surface area contributed by atoms with Gasteiger partial charge in [-0.2, -0.15) is 0 Å². The van der Waals surface area contributed by atoms with Crippen molar-refractivity contribution in [3.8, 4) is 11.5 Å². The quantitative estimate of drug-likeness (QED) is 0.903. The third-order valence-corrected chi connectivity index (χ3v) is 5.02. The van der Waals surface area contributed by atoms with E-state index in [9.17, 15) is 4.79 Å². The Morgan fingerprint density at radius 1 is 1.28 bits per heavy atom. The third kappa shape index (κ3) is 3.26. The molecule has 1 aromatic heterocycles. The van der Waals surface area contributed by atoms with E-state index < -0.39 is 0 Å². The molecule has 1 N–H and O–H groups in total. The van der Waals surface area contributed by atoms with Crippen LogP contribution in [0.1, 0.15) is 41.4 Å². The minimum Gasteiger partial charge on any atom is -0.497 e. The predicted molar refractivity (Wildman–Crippen MR) is 94.2 cm³/mol. The van der Waals surface area contributed by atoms with Crippen LogP contribution in [-0.4, -0.2) is 35.6 Å². The molecule has 6 heteroatoms. The van der Waals surface area contributed by atoms with Crippen LogP contribution in [0.4, 0.5) is 0 Å². The number of hydrogen-bond acceptors (Lipinski definition) is 5. The molecule has 2 aliphatic rings. The van der Waals surface area contributed by atoms with Crippen molar-refractivity contribution in [2.75, 3.05) is 20.8 Å². The summed E-state index contributed by atoms with van der Waals surface area (Å²) in [5.74, 6) is 2.99. The second-order valence-corrected chi connectivity index (χ2v) is 6.79. The summed E-state index contributed by atoms with van der Waals surface area (Å²) in [6.45, 7) is 2.27. The number of rotatable bonds is 5. The van der Waals surface area contributed by atoms with Crippen LogP contribution in [0.25, 0.3) is 0 Å². The third-order valence-electron chi connectivity index (χ3n) is 5.02. The number of ether oxygens (including phenoxy) is 2. The van der Waals surface area contributed by atoms with Gasteiger partial charge in [0.2, 0.25) is 0 Å². The van der Waals surface area contributed by atoms with Gasteiger partial charge in [0.05, 0.1) is 19.9 Å². The molecule has 25 heavy (non-hydrogen) atoms. The summed E-state index contributed by atoms with van der Waals surface area (Å²) < 4.78 is 10.8. The predicted octanol–water partition coefficient (Wildman–Crippen LogP) is 2.22. The Morgan fingerprint density at radius 3 is 2.84 bits per heavy atom. The zero-order valence-electron chi connectivity index (χ0n) is 14.7. The van der Waals surface area contributed by atoms with Gasteiger partial charge in [0, 0.05) is 36.7 Å². The van der Waals surface area contributed by atoms with Crippen molar-refractivity contribution >= 4 is 0 Å². The minimum atomic E-state index is 0.0468. The fourth-order valence-electron chi connectivity index (χ4n) is 3.44. The highest BCUT2D eigenvalue weighted by atomic mass is 16.5. The van der Waals surface area contributed by atoms with E-state index in [2.05, 4.69) is 9.88 Å². The molecule has 0 radical (unpaired) electrons. The van der Waals surface area contributed by atoms with E-state index in [-0.39, 0.29) is 5.56 Å². The molecule has 0 amide bonds. The number of methoxy groups -OCH3 is 2. The van der Waals surface area contributed by atoms with Gasteiger partial charge in [-0.05, 0) is 37.5 Å². The number of fused-ring (bicyclic) bond motifs is 1. The van der Waals surface area contributed by atoms with E-state index in [4.69, 9.17) is 14.5 Å². The summed E-state index contributed by atoms with van der Waals surface area (Å²) >= 11 is 0. The maximum atomic E-state index is 12.3. The Kier molecular flexibility index (Phi) is 4.21. The molecular formula is C19H23N3O3. The standard InChI is InChI=1S/C19H23N3O3/c1-24-14-5-6-17(25-2)13(9-14)10-22-8-7-15-16(11-22)20-18(12-3-4-12)21-19(15)23/h5-6,9,12H,3-4,7-8,10-11H2,1-2H3,(H,20,21,23). The van der Waals surface area contributed by atoms with Gasteiger partial charge in [-0.25, -0.2) is 4.98 Å². The average molecular weight is 341 g/mol. The average Bonchev–Trinajstić information content (AvgIpc) is 3.46. The van der Waals surface area contributed by atoms with Gasteiger partial charge < -0.3 is 14.5 Å². The summed E-state index contributed by atoms with van der Waals surface area (Å²) in [5.41, 5.74) is 2.90. The van der Waals surface area contributed by atoms with Crippen molar-refractivity contribution in [3.63, 3.8) is 0 Å². The SMILES string of the molecule is COc1ccc(OC)c(CN2CCc3c(nc(C4CC4)[nH]c3=O)C2)c1. The van der Waals surface area contributed by atoms with Crippen molar-refractivity contribution < 1.29 is 9.47 Å². The lowest BCUT2D eigenvalue weighted by Gasteiger charge is -2.28. The van der Waals surface area contributed by atoms with E-state index >= 15 is 0 Å². The first-order valence-corrected chi connectivity index (χ1v) is 8.73. The molecule has 1 aromatic carbocycles. The van der Waals surface area contributed by atoms with Crippen molar-refractivity contribution in [3.05, 3.63) is 51.2 Å². The molecule has 1 aliphatic carbocycles. The smallest absolute Gasteiger partial charge is 0.254 e. The van der Waals surface area contributed by atoms with Crippen molar-refractivity contribution in [2.45, 2.75) is 38.3 Å². The molecule has 1 saturated carbocycles. The molecular weight excluding hydrogens is 318 g/mol. The summed E-state index contributed by atoms with van der Waals surface area (Å²) in [5, 5.41) is 0. The second kappa shape index (κ2) is 6.52. The van der Waals surface area contributed by atoms with Crippen LogP contribution in [0.2, 0.25) is 0 Å². The zero-order valence-corrected chi connectivity index (χ0v) is 14.7. The van der Waals surface area contributed by atoms with E-state index in [1.165, 1.54) is 0 Å². The first-order valence-electron chi connectivity index (χ1n) is 8.73. The van der Waals surface area contributed by atoms with Gasteiger partial charge in [-0.3, -0.25) is 9.69 Å². The highest BCUT2D eigenvalue weighted by Crippen LogP contribution is 2.38. The molecule has 1 fully saturated rings. The molecule has 0 bridgehead atoms. The molecule has 0 atom stereocenters. The molecule has 6 nitrogen and oxygen atoms in total. The maximum Gasteiger partial charge on any atom is 0.254 e. The van der Waals surface area contributed by atoms with Crippen LogP contribution in [0.15, 0.2) is 23.0 Å². The number of benzene rings is 1. The van der Waals surface area contributed by atoms with E-state index in [1.54, 1.807) is 14.2 Å². The van der Waals surface area contributed by atoms with Gasteiger partial charge in [0.1, 0.15) is 17.3 Å². The summed E-state index contributed by atoms with van der Waals surface area (Å²) in [4.78, 5) is 22.3. The number of aromatic nitrogens is 2. The van der Waals surface area contributed by atoms with Crippen LogP contribution in [-0.2, 0) is 19.5 Å². The van der Waals surface area contributed by atoms with Gasteiger partial charge in [0.15, 0.2) is 0 Å². The Bertz CT molecular complexity index is 842. The van der Waals surface area contributed by atoms with Crippen LogP contribution < -0.4 is 15.0 Å². The van der Waals surface area contributed by atoms with Gasteiger partial charge >= 0.3 is 0 Å². The highest BCUT2D eigenvalue weighted by Gasteiger charge is 2.29. The number of H-pyrrole nitrogens is 1. The van der Waals surface area contributed by atoms with Gasteiger partial charge in [0.25, 0.3) is 5.56 Å². The van der Waals surface area contributed by atoms with E-state index in [0.29, 0.717) is 12.5 Å². The molecule has 0 spiro atoms. The molecule has 2 heterocycles. The number of aromatic amines is 1. The fraction of sp³-hybridized carbons (Fsp3) is 0.474. The lowest BCUT2D eigenvalue weighted by atomic mass is 10.0. The Balaban J connectivity index is 1.57. The van der Waals surface area contributed by atoms with Crippen molar-refractivity contribution in [1.82, 2.24) is 14.9 Å². The van der Waals surface area contributed by atoms with Crippen LogP contribution in [0, 0.1) is 0 Å². The maximum absolute atomic E-state index is 12.3. The first kappa shape index (κ1) is 16.1. The summed E-state index contributed by atoms with van der Waals surface area (Å²) in [6.07, 6.45) is 2.99. The minimum absolute atomic E-state index is 0.0468. The summed E-state index contributed by atoms with van der Waals surface area (Å²) in [7, 11) is 3.35.